The average molecular weight is 299 g/mol. The Morgan fingerprint density at radius 2 is 2.05 bits per heavy atom. The molecular formula is C11H7F2N3O3S. The number of sulfone groups is 1. The molecule has 0 aliphatic heterocycles. The van der Waals surface area contributed by atoms with Gasteiger partial charge in [0.25, 0.3) is 0 Å². The number of halogens is 2. The second-order valence-corrected chi connectivity index (χ2v) is 5.77. The molecule has 1 heterocycles. The van der Waals surface area contributed by atoms with Gasteiger partial charge in [-0.15, -0.1) is 0 Å². The fraction of sp³-hybridized carbons (Fsp3) is 0.0909. The molecule has 20 heavy (non-hydrogen) atoms. The molecule has 0 N–H and O–H groups in total. The average Bonchev–Trinajstić information content (AvgIpc) is 2.93. The summed E-state index contributed by atoms with van der Waals surface area (Å²) in [7, 11) is -3.83. The molecule has 0 aliphatic rings. The van der Waals surface area contributed by atoms with E-state index in [1.165, 1.54) is 12.3 Å². The van der Waals surface area contributed by atoms with E-state index in [1.807, 2.05) is 0 Å². The summed E-state index contributed by atoms with van der Waals surface area (Å²) in [4.78, 5) is 2.18. The highest BCUT2D eigenvalue weighted by Gasteiger charge is 2.21. The summed E-state index contributed by atoms with van der Waals surface area (Å²) >= 11 is 0. The van der Waals surface area contributed by atoms with Crippen LogP contribution < -0.4 is 0 Å². The van der Waals surface area contributed by atoms with Gasteiger partial charge in [-0.2, -0.15) is 0 Å². The van der Waals surface area contributed by atoms with Gasteiger partial charge < -0.3 is 4.42 Å². The molecule has 0 fully saturated rings. The largest absolute Gasteiger partial charge is 0.471 e. The maximum absolute atomic E-state index is 13.9. The first-order chi connectivity index (χ1) is 9.45. The van der Waals surface area contributed by atoms with Crippen LogP contribution in [0.5, 0.6) is 0 Å². The lowest BCUT2D eigenvalue weighted by Gasteiger charge is -2.06. The Morgan fingerprint density at radius 1 is 1.30 bits per heavy atom. The Kier molecular flexibility index (Phi) is 3.73. The van der Waals surface area contributed by atoms with Crippen LogP contribution in [0.25, 0.3) is 10.4 Å². The van der Waals surface area contributed by atoms with E-state index in [0.29, 0.717) is 0 Å². The van der Waals surface area contributed by atoms with Crippen LogP contribution in [0.2, 0.25) is 0 Å². The highest BCUT2D eigenvalue weighted by Crippen LogP contribution is 2.27. The van der Waals surface area contributed by atoms with Crippen molar-refractivity contribution >= 4 is 15.5 Å². The van der Waals surface area contributed by atoms with Crippen molar-refractivity contribution in [2.45, 2.75) is 10.6 Å². The van der Waals surface area contributed by atoms with Gasteiger partial charge in [0.15, 0.2) is 9.84 Å². The third-order valence-corrected chi connectivity index (χ3v) is 4.13. The summed E-state index contributed by atoms with van der Waals surface area (Å²) < 4.78 is 55.7. The Bertz CT molecular complexity index is 781. The van der Waals surface area contributed by atoms with Crippen LogP contribution in [0.15, 0.2) is 45.2 Å². The fourth-order valence-corrected chi connectivity index (χ4v) is 2.81. The molecule has 2 rings (SSSR count). The molecule has 0 bridgehead atoms. The van der Waals surface area contributed by atoms with E-state index in [4.69, 9.17) is 5.53 Å². The van der Waals surface area contributed by atoms with Gasteiger partial charge in [-0.25, -0.2) is 17.2 Å². The van der Waals surface area contributed by atoms with Crippen molar-refractivity contribution in [1.82, 2.24) is 0 Å². The van der Waals surface area contributed by atoms with E-state index in [9.17, 15) is 17.2 Å². The third kappa shape index (κ3) is 2.63. The van der Waals surface area contributed by atoms with E-state index < -0.39 is 32.9 Å². The summed E-state index contributed by atoms with van der Waals surface area (Å²) in [6.45, 7) is 0. The molecule has 6 nitrogen and oxygen atoms in total. The Balaban J connectivity index is 2.45. The number of hydrogen-bond donors (Lipinski definition) is 0. The van der Waals surface area contributed by atoms with Crippen molar-refractivity contribution < 1.29 is 21.6 Å². The Labute approximate surface area is 112 Å². The fourth-order valence-electron chi connectivity index (χ4n) is 1.55. The van der Waals surface area contributed by atoms with Gasteiger partial charge in [-0.05, 0) is 17.7 Å². The van der Waals surface area contributed by atoms with Crippen LogP contribution >= 0.6 is 0 Å². The normalized spacial score (nSPS) is 11.1. The topological polar surface area (TPSA) is 96.0 Å². The molecule has 0 saturated carbocycles. The molecule has 0 radical (unpaired) electrons. The number of rotatable bonds is 4. The summed E-state index contributed by atoms with van der Waals surface area (Å²) in [6, 6.07) is 3.04. The van der Waals surface area contributed by atoms with Crippen molar-refractivity contribution in [1.29, 1.82) is 0 Å². The van der Waals surface area contributed by atoms with Crippen LogP contribution in [0.3, 0.4) is 0 Å². The quantitative estimate of drug-likeness (QED) is 0.491. The number of nitrogens with zero attached hydrogens (tertiary/aromatic N) is 3. The second kappa shape index (κ2) is 5.32. The smallest absolute Gasteiger partial charge is 0.185 e. The zero-order chi connectivity index (χ0) is 14.8. The minimum atomic E-state index is -3.83. The van der Waals surface area contributed by atoms with Gasteiger partial charge in [0.05, 0.1) is 12.0 Å². The minimum absolute atomic E-state index is 0.119. The standard InChI is InChI=1S/C11H7F2N3O3S/c12-9-2-1-7(10(13)11(9)15-16-14)6-20(17,18)8-3-4-19-5-8/h1-5H,6H2. The van der Waals surface area contributed by atoms with Crippen molar-refractivity contribution in [3.8, 4) is 0 Å². The van der Waals surface area contributed by atoms with Crippen LogP contribution in [-0.2, 0) is 15.6 Å². The first-order valence-electron chi connectivity index (χ1n) is 5.22. The number of azide groups is 1. The van der Waals surface area contributed by atoms with Crippen molar-refractivity contribution in [2.24, 2.45) is 5.11 Å². The molecule has 2 aromatic rings. The zero-order valence-electron chi connectivity index (χ0n) is 9.82. The summed E-state index contributed by atoms with van der Waals surface area (Å²) in [5.74, 6) is -2.97. The van der Waals surface area contributed by atoms with E-state index in [-0.39, 0.29) is 10.5 Å². The maximum Gasteiger partial charge on any atom is 0.185 e. The molecule has 0 amide bonds. The second-order valence-electron chi connectivity index (χ2n) is 3.78. The van der Waals surface area contributed by atoms with Crippen LogP contribution in [-0.4, -0.2) is 8.42 Å². The molecule has 0 atom stereocenters. The SMILES string of the molecule is [N-]=[N+]=Nc1c(F)ccc(CS(=O)(=O)c2ccoc2)c1F. The molecule has 0 unspecified atom stereocenters. The number of hydrogen-bond acceptors (Lipinski definition) is 4. The lowest BCUT2D eigenvalue weighted by molar-refractivity contribution is 0.554. The van der Waals surface area contributed by atoms with Gasteiger partial charge in [-0.3, -0.25) is 0 Å². The summed E-state index contributed by atoms with van der Waals surface area (Å²) in [5.41, 5.74) is 7.09. The molecular weight excluding hydrogens is 292 g/mol. The Hall–Kier alpha value is -2.38. The highest BCUT2D eigenvalue weighted by atomic mass is 32.2. The van der Waals surface area contributed by atoms with E-state index >= 15 is 0 Å². The van der Waals surface area contributed by atoms with Gasteiger partial charge in [0, 0.05) is 10.5 Å². The van der Waals surface area contributed by atoms with E-state index in [1.54, 1.807) is 0 Å². The molecule has 0 saturated heterocycles. The molecule has 0 aliphatic carbocycles. The monoisotopic (exact) mass is 299 g/mol. The number of furan rings is 1. The molecule has 1 aromatic heterocycles. The third-order valence-electron chi connectivity index (χ3n) is 2.49. The van der Waals surface area contributed by atoms with Crippen molar-refractivity contribution in [2.75, 3.05) is 0 Å². The highest BCUT2D eigenvalue weighted by molar-refractivity contribution is 7.90. The van der Waals surface area contributed by atoms with Gasteiger partial charge >= 0.3 is 0 Å². The molecule has 9 heteroatoms. The Morgan fingerprint density at radius 3 is 2.65 bits per heavy atom. The minimum Gasteiger partial charge on any atom is -0.471 e. The van der Waals surface area contributed by atoms with E-state index in [2.05, 4.69) is 14.4 Å². The van der Waals surface area contributed by atoms with Gasteiger partial charge in [0.1, 0.15) is 28.5 Å². The van der Waals surface area contributed by atoms with Crippen molar-refractivity contribution in [3.63, 3.8) is 0 Å². The van der Waals surface area contributed by atoms with Crippen LogP contribution in [0.4, 0.5) is 14.5 Å². The zero-order valence-corrected chi connectivity index (χ0v) is 10.6. The first kappa shape index (κ1) is 14.0. The van der Waals surface area contributed by atoms with Gasteiger partial charge in [0.2, 0.25) is 0 Å². The first-order valence-corrected chi connectivity index (χ1v) is 6.88. The predicted molar refractivity (Wildman–Crippen MR) is 64.8 cm³/mol. The maximum atomic E-state index is 13.9. The summed E-state index contributed by atoms with van der Waals surface area (Å²) in [5, 5.41) is 2.88. The van der Waals surface area contributed by atoms with Crippen molar-refractivity contribution in [3.05, 3.63) is 58.4 Å². The lowest BCUT2D eigenvalue weighted by atomic mass is 10.2. The van der Waals surface area contributed by atoms with Gasteiger partial charge in [-0.1, -0.05) is 11.2 Å². The summed E-state index contributed by atoms with van der Waals surface area (Å²) in [6.07, 6.45) is 2.17. The molecule has 0 spiro atoms. The van der Waals surface area contributed by atoms with E-state index in [0.717, 1.165) is 18.4 Å². The lowest BCUT2D eigenvalue weighted by Crippen LogP contribution is -2.06. The molecule has 1 aromatic carbocycles. The molecule has 104 valence electrons. The predicted octanol–water partition coefficient (Wildman–Crippen LogP) is 3.47. The number of benzene rings is 1. The van der Waals surface area contributed by atoms with Crippen LogP contribution in [0.1, 0.15) is 5.56 Å². The van der Waals surface area contributed by atoms with Crippen LogP contribution in [0, 0.1) is 11.6 Å².